The number of amides is 1. The first-order valence-electron chi connectivity index (χ1n) is 11.0. The molecule has 0 fully saturated rings. The summed E-state index contributed by atoms with van der Waals surface area (Å²) in [5, 5.41) is 10.2. The third-order valence-corrected chi connectivity index (χ3v) is 5.49. The van der Waals surface area contributed by atoms with Crippen molar-refractivity contribution >= 4 is 11.7 Å². The van der Waals surface area contributed by atoms with Crippen LogP contribution in [-0.2, 0) is 24.4 Å². The first kappa shape index (κ1) is 24.2. The number of nitrogens with zero attached hydrogens (tertiary/aromatic N) is 3. The molecule has 0 aliphatic carbocycles. The highest BCUT2D eigenvalue weighted by Crippen LogP contribution is 2.29. The highest BCUT2D eigenvalue weighted by Gasteiger charge is 2.30. The van der Waals surface area contributed by atoms with E-state index < -0.39 is 17.8 Å². The van der Waals surface area contributed by atoms with Gasteiger partial charge in [0.15, 0.2) is 0 Å². The Bertz CT molecular complexity index is 1250. The van der Waals surface area contributed by atoms with Gasteiger partial charge in [-0.2, -0.15) is 18.3 Å². The summed E-state index contributed by atoms with van der Waals surface area (Å²) in [7, 11) is 1.83. The first-order valence-corrected chi connectivity index (χ1v) is 11.0. The Labute approximate surface area is 200 Å². The predicted molar refractivity (Wildman–Crippen MR) is 127 cm³/mol. The van der Waals surface area contributed by atoms with Gasteiger partial charge in [0.25, 0.3) is 0 Å². The second kappa shape index (κ2) is 10.5. The lowest BCUT2D eigenvalue weighted by atomic mass is 10.0. The molecular formula is C26H24F3N5O. The summed E-state index contributed by atoms with van der Waals surface area (Å²) >= 11 is 0. The second-order valence-electron chi connectivity index (χ2n) is 8.07. The zero-order valence-electron chi connectivity index (χ0n) is 19.0. The number of benzene rings is 2. The topological polar surface area (TPSA) is 71.8 Å². The van der Waals surface area contributed by atoms with Crippen molar-refractivity contribution in [1.29, 1.82) is 0 Å². The van der Waals surface area contributed by atoms with E-state index in [1.807, 2.05) is 49.6 Å². The first-order chi connectivity index (χ1) is 16.8. The molecular weight excluding hydrogens is 455 g/mol. The van der Waals surface area contributed by atoms with Gasteiger partial charge in [0.05, 0.1) is 11.8 Å². The summed E-state index contributed by atoms with van der Waals surface area (Å²) in [6.07, 6.45) is 1.38. The third kappa shape index (κ3) is 6.33. The molecule has 4 aromatic rings. The summed E-state index contributed by atoms with van der Waals surface area (Å²) < 4.78 is 40.0. The molecule has 0 saturated carbocycles. The summed E-state index contributed by atoms with van der Waals surface area (Å²) in [4.78, 5) is 17.5. The van der Waals surface area contributed by atoms with Crippen molar-refractivity contribution in [3.8, 4) is 11.1 Å². The molecule has 9 heteroatoms. The van der Waals surface area contributed by atoms with Gasteiger partial charge in [0, 0.05) is 37.1 Å². The fraction of sp³-hybridized carbons (Fsp3) is 0.192. The molecule has 1 unspecified atom stereocenters. The van der Waals surface area contributed by atoms with Crippen LogP contribution in [-0.4, -0.2) is 27.2 Å². The van der Waals surface area contributed by atoms with E-state index in [4.69, 9.17) is 0 Å². The summed E-state index contributed by atoms with van der Waals surface area (Å²) in [6, 6.07) is 17.2. The number of anilines is 1. The molecule has 0 aliphatic rings. The minimum atomic E-state index is -4.36. The number of hydrogen-bond donors (Lipinski definition) is 2. The molecule has 4 rings (SSSR count). The van der Waals surface area contributed by atoms with Gasteiger partial charge < -0.3 is 10.6 Å². The molecule has 1 amide bonds. The number of halogens is 3. The van der Waals surface area contributed by atoms with Crippen LogP contribution in [0.15, 0.2) is 85.3 Å². The molecule has 2 aromatic carbocycles. The Morgan fingerprint density at radius 1 is 0.971 bits per heavy atom. The number of pyridine rings is 1. The van der Waals surface area contributed by atoms with Crippen LogP contribution < -0.4 is 10.6 Å². The molecule has 35 heavy (non-hydrogen) atoms. The summed E-state index contributed by atoms with van der Waals surface area (Å²) in [5.74, 6) is 0.123. The van der Waals surface area contributed by atoms with E-state index in [9.17, 15) is 18.0 Å². The standard InChI is InChI=1S/C26H24F3N5O/c1-34-17-21(16-32-34)20-9-12-23(31-15-20)33-25(35)24(19-5-3-2-4-6-19)30-14-13-18-7-10-22(11-8-18)26(27,28)29/h2-12,15-17,24,30H,13-14H2,1H3,(H,31,33,35). The van der Waals surface area contributed by atoms with Crippen LogP contribution in [0.3, 0.4) is 0 Å². The van der Waals surface area contributed by atoms with Gasteiger partial charge >= 0.3 is 6.18 Å². The number of hydrogen-bond acceptors (Lipinski definition) is 4. The van der Waals surface area contributed by atoms with E-state index in [0.29, 0.717) is 18.8 Å². The van der Waals surface area contributed by atoms with Gasteiger partial charge in [0.2, 0.25) is 5.91 Å². The van der Waals surface area contributed by atoms with E-state index in [1.165, 1.54) is 12.1 Å². The van der Waals surface area contributed by atoms with Crippen LogP contribution in [0.4, 0.5) is 19.0 Å². The molecule has 1 atom stereocenters. The lowest BCUT2D eigenvalue weighted by Crippen LogP contribution is -2.34. The highest BCUT2D eigenvalue weighted by atomic mass is 19.4. The van der Waals surface area contributed by atoms with Gasteiger partial charge in [-0.05, 0) is 41.8 Å². The highest BCUT2D eigenvalue weighted by molar-refractivity contribution is 5.94. The number of aryl methyl sites for hydroxylation is 1. The normalized spacial score (nSPS) is 12.3. The largest absolute Gasteiger partial charge is 0.416 e. The maximum atomic E-state index is 13.1. The van der Waals surface area contributed by atoms with Crippen molar-refractivity contribution in [2.45, 2.75) is 18.6 Å². The van der Waals surface area contributed by atoms with E-state index >= 15 is 0 Å². The fourth-order valence-corrected chi connectivity index (χ4v) is 3.64. The van der Waals surface area contributed by atoms with E-state index in [-0.39, 0.29) is 5.91 Å². The van der Waals surface area contributed by atoms with Crippen molar-refractivity contribution < 1.29 is 18.0 Å². The molecule has 2 heterocycles. The predicted octanol–water partition coefficient (Wildman–Crippen LogP) is 5.01. The molecule has 0 spiro atoms. The van der Waals surface area contributed by atoms with Crippen LogP contribution in [0.5, 0.6) is 0 Å². The Balaban J connectivity index is 1.41. The molecule has 0 aliphatic heterocycles. The Morgan fingerprint density at radius 3 is 2.31 bits per heavy atom. The smallest absolute Gasteiger partial charge is 0.309 e. The Hall–Kier alpha value is -3.98. The fourth-order valence-electron chi connectivity index (χ4n) is 3.64. The molecule has 6 nitrogen and oxygen atoms in total. The average Bonchev–Trinajstić information content (AvgIpc) is 3.29. The number of carbonyl (C=O) groups is 1. The molecule has 2 N–H and O–H groups in total. The van der Waals surface area contributed by atoms with Crippen LogP contribution in [0.1, 0.15) is 22.7 Å². The van der Waals surface area contributed by atoms with Crippen LogP contribution in [0.25, 0.3) is 11.1 Å². The van der Waals surface area contributed by atoms with Crippen molar-refractivity contribution in [3.63, 3.8) is 0 Å². The SMILES string of the molecule is Cn1cc(-c2ccc(NC(=O)C(NCCc3ccc(C(F)(F)F)cc3)c3ccccc3)nc2)cn1. The van der Waals surface area contributed by atoms with Gasteiger partial charge in [-0.25, -0.2) is 4.98 Å². The van der Waals surface area contributed by atoms with Crippen LogP contribution in [0, 0.1) is 0 Å². The molecule has 180 valence electrons. The van der Waals surface area contributed by atoms with Gasteiger partial charge in [-0.3, -0.25) is 9.48 Å². The van der Waals surface area contributed by atoms with Crippen molar-refractivity contribution in [2.24, 2.45) is 7.05 Å². The second-order valence-corrected chi connectivity index (χ2v) is 8.07. The number of carbonyl (C=O) groups excluding carboxylic acids is 1. The maximum Gasteiger partial charge on any atom is 0.416 e. The average molecular weight is 480 g/mol. The monoisotopic (exact) mass is 479 g/mol. The molecule has 0 saturated heterocycles. The van der Waals surface area contributed by atoms with Gasteiger partial charge in [-0.1, -0.05) is 42.5 Å². The van der Waals surface area contributed by atoms with Crippen LogP contribution in [0.2, 0.25) is 0 Å². The Morgan fingerprint density at radius 2 is 1.71 bits per heavy atom. The Kier molecular flexibility index (Phi) is 7.26. The van der Waals surface area contributed by atoms with Crippen LogP contribution >= 0.6 is 0 Å². The van der Waals surface area contributed by atoms with Gasteiger partial charge in [-0.15, -0.1) is 0 Å². The molecule has 0 radical (unpaired) electrons. The lowest BCUT2D eigenvalue weighted by molar-refractivity contribution is -0.137. The van der Waals surface area contributed by atoms with Crippen molar-refractivity contribution in [2.75, 3.05) is 11.9 Å². The minimum Gasteiger partial charge on any atom is -0.309 e. The lowest BCUT2D eigenvalue weighted by Gasteiger charge is -2.19. The van der Waals surface area contributed by atoms with Gasteiger partial charge in [0.1, 0.15) is 11.9 Å². The number of alkyl halides is 3. The van der Waals surface area contributed by atoms with E-state index in [1.54, 1.807) is 23.1 Å². The zero-order valence-corrected chi connectivity index (χ0v) is 19.0. The van der Waals surface area contributed by atoms with Crippen molar-refractivity contribution in [1.82, 2.24) is 20.1 Å². The number of rotatable bonds is 8. The summed E-state index contributed by atoms with van der Waals surface area (Å²) in [5.41, 5.74) is 2.63. The number of aromatic nitrogens is 3. The molecule has 0 bridgehead atoms. The summed E-state index contributed by atoms with van der Waals surface area (Å²) in [6.45, 7) is 0.395. The van der Waals surface area contributed by atoms with E-state index in [2.05, 4.69) is 20.7 Å². The molecule has 2 aromatic heterocycles. The zero-order chi connectivity index (χ0) is 24.8. The van der Waals surface area contributed by atoms with E-state index in [0.717, 1.165) is 34.4 Å². The van der Waals surface area contributed by atoms with Crippen molar-refractivity contribution in [3.05, 3.63) is 102 Å². The minimum absolute atomic E-state index is 0.287. The maximum absolute atomic E-state index is 13.1. The number of nitrogens with one attached hydrogen (secondary N) is 2. The quantitative estimate of drug-likeness (QED) is 0.373. The third-order valence-electron chi connectivity index (χ3n) is 5.49.